The first kappa shape index (κ1) is 11.2. The van der Waals surface area contributed by atoms with Crippen molar-refractivity contribution in [2.24, 2.45) is 0 Å². The molecule has 14 heavy (non-hydrogen) atoms. The van der Waals surface area contributed by atoms with E-state index in [-0.39, 0.29) is 12.2 Å². The predicted molar refractivity (Wildman–Crippen MR) is 57.4 cm³/mol. The minimum Gasteiger partial charge on any atom is -0.379 e. The van der Waals surface area contributed by atoms with Gasteiger partial charge in [0.2, 0.25) is 0 Å². The van der Waals surface area contributed by atoms with Gasteiger partial charge in [0, 0.05) is 20.6 Å². The molecule has 0 aliphatic heterocycles. The topological polar surface area (TPSA) is 18.5 Å². The van der Waals surface area contributed by atoms with Crippen molar-refractivity contribution in [3.63, 3.8) is 0 Å². The Bertz CT molecular complexity index is 246. The van der Waals surface area contributed by atoms with E-state index in [0.717, 1.165) is 6.42 Å². The van der Waals surface area contributed by atoms with E-state index in [9.17, 15) is 0 Å². The third kappa shape index (κ3) is 3.13. The van der Waals surface area contributed by atoms with Crippen LogP contribution in [0.3, 0.4) is 0 Å². The molecule has 0 aliphatic rings. The van der Waals surface area contributed by atoms with E-state index in [4.69, 9.17) is 9.47 Å². The van der Waals surface area contributed by atoms with Gasteiger partial charge in [-0.1, -0.05) is 30.3 Å². The summed E-state index contributed by atoms with van der Waals surface area (Å²) in [6.07, 6.45) is 1.15. The summed E-state index contributed by atoms with van der Waals surface area (Å²) in [6.45, 7) is 2.02. The van der Waals surface area contributed by atoms with Crippen LogP contribution in [0.25, 0.3) is 0 Å². The normalized spacial score (nSPS) is 15.1. The minimum absolute atomic E-state index is 0.125. The van der Waals surface area contributed by atoms with Crippen LogP contribution in [-0.4, -0.2) is 26.4 Å². The summed E-state index contributed by atoms with van der Waals surface area (Å²) in [5.41, 5.74) is 1.28. The number of benzene rings is 1. The number of ether oxygens (including phenoxy) is 2. The lowest BCUT2D eigenvalue weighted by molar-refractivity contribution is -0.0253. The minimum atomic E-state index is 0.125. The lowest BCUT2D eigenvalue weighted by Crippen LogP contribution is -2.29. The van der Waals surface area contributed by atoms with Gasteiger partial charge in [-0.05, 0) is 12.5 Å². The Kier molecular flexibility index (Phi) is 4.63. The van der Waals surface area contributed by atoms with Crippen molar-refractivity contribution in [3.05, 3.63) is 35.9 Å². The number of rotatable bonds is 5. The van der Waals surface area contributed by atoms with E-state index in [1.165, 1.54) is 5.56 Å². The molecule has 0 fully saturated rings. The van der Waals surface area contributed by atoms with Gasteiger partial charge in [0.05, 0.1) is 12.2 Å². The molecule has 0 heterocycles. The fourth-order valence-corrected chi connectivity index (χ4v) is 1.44. The van der Waals surface area contributed by atoms with Crippen LogP contribution in [0.2, 0.25) is 0 Å². The molecule has 0 N–H and O–H groups in total. The largest absolute Gasteiger partial charge is 0.379 e. The molecular weight excluding hydrogens is 176 g/mol. The lowest BCUT2D eigenvalue weighted by atomic mass is 10.0. The molecule has 1 aromatic carbocycles. The van der Waals surface area contributed by atoms with E-state index >= 15 is 0 Å². The third-order valence-corrected chi connectivity index (χ3v) is 2.48. The van der Waals surface area contributed by atoms with Gasteiger partial charge in [0.1, 0.15) is 0 Å². The van der Waals surface area contributed by atoms with E-state index < -0.39 is 0 Å². The molecule has 0 bridgehead atoms. The van der Waals surface area contributed by atoms with E-state index in [0.29, 0.717) is 0 Å². The first-order valence-electron chi connectivity index (χ1n) is 4.87. The lowest BCUT2D eigenvalue weighted by Gasteiger charge is -2.21. The maximum Gasteiger partial charge on any atom is 0.0870 e. The molecule has 0 amide bonds. The summed E-state index contributed by atoms with van der Waals surface area (Å²) >= 11 is 0. The van der Waals surface area contributed by atoms with Crippen LogP contribution in [0.5, 0.6) is 0 Å². The molecule has 0 saturated heterocycles. The molecule has 0 aromatic heterocycles. The van der Waals surface area contributed by atoms with Crippen LogP contribution in [0.1, 0.15) is 12.5 Å². The van der Waals surface area contributed by atoms with Crippen LogP contribution in [0.15, 0.2) is 30.3 Å². The zero-order valence-corrected chi connectivity index (χ0v) is 9.07. The predicted octanol–water partition coefficient (Wildman–Crippen LogP) is 2.28. The van der Waals surface area contributed by atoms with Crippen LogP contribution >= 0.6 is 0 Å². The SMILES string of the molecule is COC(C)C(Cc1ccccc1)OC. The molecule has 2 nitrogen and oxygen atoms in total. The first-order chi connectivity index (χ1) is 6.77. The molecule has 78 valence electrons. The van der Waals surface area contributed by atoms with Gasteiger partial charge in [-0.3, -0.25) is 0 Å². The Morgan fingerprint density at radius 2 is 1.71 bits per heavy atom. The molecule has 0 aliphatic carbocycles. The monoisotopic (exact) mass is 194 g/mol. The Morgan fingerprint density at radius 3 is 2.21 bits per heavy atom. The summed E-state index contributed by atoms with van der Waals surface area (Å²) in [4.78, 5) is 0. The van der Waals surface area contributed by atoms with Crippen molar-refractivity contribution < 1.29 is 9.47 Å². The Labute approximate surface area is 85.8 Å². The molecule has 2 heteroatoms. The summed E-state index contributed by atoms with van der Waals surface area (Å²) in [5.74, 6) is 0. The average molecular weight is 194 g/mol. The van der Waals surface area contributed by atoms with Crippen molar-refractivity contribution in [2.45, 2.75) is 25.6 Å². The molecular formula is C12H18O2. The zero-order chi connectivity index (χ0) is 10.4. The van der Waals surface area contributed by atoms with E-state index in [2.05, 4.69) is 12.1 Å². The van der Waals surface area contributed by atoms with Crippen molar-refractivity contribution in [1.82, 2.24) is 0 Å². The highest BCUT2D eigenvalue weighted by molar-refractivity contribution is 5.15. The summed E-state index contributed by atoms with van der Waals surface area (Å²) in [5, 5.41) is 0. The van der Waals surface area contributed by atoms with Crippen molar-refractivity contribution in [2.75, 3.05) is 14.2 Å². The summed E-state index contributed by atoms with van der Waals surface area (Å²) in [6, 6.07) is 10.3. The molecule has 1 rings (SSSR count). The van der Waals surface area contributed by atoms with E-state index in [1.54, 1.807) is 14.2 Å². The Morgan fingerprint density at radius 1 is 1.07 bits per heavy atom. The Balaban J connectivity index is 2.57. The van der Waals surface area contributed by atoms with Gasteiger partial charge in [-0.15, -0.1) is 0 Å². The van der Waals surface area contributed by atoms with Crippen molar-refractivity contribution in [3.8, 4) is 0 Å². The highest BCUT2D eigenvalue weighted by Crippen LogP contribution is 2.10. The maximum atomic E-state index is 5.38. The second kappa shape index (κ2) is 5.78. The summed E-state index contributed by atoms with van der Waals surface area (Å²) in [7, 11) is 3.44. The van der Waals surface area contributed by atoms with Crippen molar-refractivity contribution >= 4 is 0 Å². The Hall–Kier alpha value is -0.860. The first-order valence-corrected chi connectivity index (χ1v) is 4.87. The molecule has 0 spiro atoms. The molecule has 1 aromatic rings. The van der Waals surface area contributed by atoms with Crippen LogP contribution in [0.4, 0.5) is 0 Å². The smallest absolute Gasteiger partial charge is 0.0870 e. The standard InChI is InChI=1S/C12H18O2/c1-10(13-2)12(14-3)9-11-7-5-4-6-8-11/h4-8,10,12H,9H2,1-3H3. The quantitative estimate of drug-likeness (QED) is 0.716. The fraction of sp³-hybridized carbons (Fsp3) is 0.500. The third-order valence-electron chi connectivity index (χ3n) is 2.48. The fourth-order valence-electron chi connectivity index (χ4n) is 1.44. The molecule has 2 atom stereocenters. The van der Waals surface area contributed by atoms with Gasteiger partial charge < -0.3 is 9.47 Å². The van der Waals surface area contributed by atoms with Gasteiger partial charge in [-0.2, -0.15) is 0 Å². The van der Waals surface area contributed by atoms with Gasteiger partial charge in [0.25, 0.3) is 0 Å². The number of hydrogen-bond donors (Lipinski definition) is 0. The second-order valence-corrected chi connectivity index (χ2v) is 3.40. The van der Waals surface area contributed by atoms with Gasteiger partial charge in [0.15, 0.2) is 0 Å². The highest BCUT2D eigenvalue weighted by atomic mass is 16.5. The zero-order valence-electron chi connectivity index (χ0n) is 9.07. The molecule has 0 saturated carbocycles. The molecule has 0 radical (unpaired) electrons. The highest BCUT2D eigenvalue weighted by Gasteiger charge is 2.16. The molecule has 2 unspecified atom stereocenters. The number of hydrogen-bond acceptors (Lipinski definition) is 2. The second-order valence-electron chi connectivity index (χ2n) is 3.40. The summed E-state index contributed by atoms with van der Waals surface area (Å²) < 4.78 is 10.6. The van der Waals surface area contributed by atoms with Gasteiger partial charge in [-0.25, -0.2) is 0 Å². The van der Waals surface area contributed by atoms with Crippen LogP contribution in [0, 0.1) is 0 Å². The van der Waals surface area contributed by atoms with E-state index in [1.807, 2.05) is 25.1 Å². The van der Waals surface area contributed by atoms with Crippen LogP contribution in [-0.2, 0) is 15.9 Å². The van der Waals surface area contributed by atoms with Crippen LogP contribution < -0.4 is 0 Å². The van der Waals surface area contributed by atoms with Gasteiger partial charge >= 0.3 is 0 Å². The average Bonchev–Trinajstić information content (AvgIpc) is 2.26. The maximum absolute atomic E-state index is 5.38. The number of methoxy groups -OCH3 is 2. The van der Waals surface area contributed by atoms with Crippen molar-refractivity contribution in [1.29, 1.82) is 0 Å².